The number of hydrogen-bond acceptors (Lipinski definition) is 2. The maximum Gasteiger partial charge on any atom is 0.416 e. The number of aromatic nitrogens is 1. The summed E-state index contributed by atoms with van der Waals surface area (Å²) in [6.07, 6.45) is -3.57. The lowest BCUT2D eigenvalue weighted by Crippen LogP contribution is -2.42. The van der Waals surface area contributed by atoms with Gasteiger partial charge in [-0.2, -0.15) is 26.3 Å². The van der Waals surface area contributed by atoms with Crippen LogP contribution < -0.4 is 4.90 Å². The van der Waals surface area contributed by atoms with E-state index in [0.29, 0.717) is 34.5 Å². The van der Waals surface area contributed by atoms with E-state index in [0.717, 1.165) is 37.8 Å². The van der Waals surface area contributed by atoms with Crippen molar-refractivity contribution in [2.45, 2.75) is 83.0 Å². The molecule has 1 heterocycles. The van der Waals surface area contributed by atoms with Crippen molar-refractivity contribution in [1.29, 1.82) is 0 Å². The highest BCUT2D eigenvalue weighted by atomic mass is 19.4. The number of alkyl halides is 6. The van der Waals surface area contributed by atoms with Crippen molar-refractivity contribution in [3.05, 3.63) is 82.4 Å². The first-order valence-electron chi connectivity index (χ1n) is 13.7. The molecule has 226 valence electrons. The summed E-state index contributed by atoms with van der Waals surface area (Å²) in [5.74, 6) is -1.18. The molecule has 0 bridgehead atoms. The van der Waals surface area contributed by atoms with Crippen LogP contribution in [0.5, 0.6) is 0 Å². The van der Waals surface area contributed by atoms with Crippen LogP contribution in [-0.2, 0) is 28.0 Å². The summed E-state index contributed by atoms with van der Waals surface area (Å²) < 4.78 is 95.5. The molecule has 1 aliphatic carbocycles. The Morgan fingerprint density at radius 2 is 1.38 bits per heavy atom. The second kappa shape index (κ2) is 11.0. The van der Waals surface area contributed by atoms with Crippen molar-refractivity contribution >= 4 is 11.6 Å². The summed E-state index contributed by atoms with van der Waals surface area (Å²) in [4.78, 5) is 19.8. The Morgan fingerprint density at radius 1 is 0.833 bits per heavy atom. The number of hydrogen-bond donors (Lipinski definition) is 0. The molecule has 3 nitrogen and oxygen atoms in total. The molecule has 4 rings (SSSR count). The fourth-order valence-corrected chi connectivity index (χ4v) is 5.75. The molecule has 0 N–H and O–H groups in total. The van der Waals surface area contributed by atoms with Gasteiger partial charge in [-0.25, -0.2) is 4.39 Å². The summed E-state index contributed by atoms with van der Waals surface area (Å²) in [6.45, 7) is 6.42. The van der Waals surface area contributed by atoms with Crippen molar-refractivity contribution in [1.82, 2.24) is 4.98 Å². The SMILES string of the molecule is Cc1cc(F)ccc1-c1cc(C2(C)CCCCC2)ncc1N(C)C(=O)C(C)(C)c1cc(C(F)(F)F)cc(C(F)(F)F)c1. The van der Waals surface area contributed by atoms with Gasteiger partial charge in [-0.05, 0) is 86.7 Å². The summed E-state index contributed by atoms with van der Waals surface area (Å²) in [5.41, 5.74) is -2.54. The summed E-state index contributed by atoms with van der Waals surface area (Å²) >= 11 is 0. The van der Waals surface area contributed by atoms with Gasteiger partial charge in [0, 0.05) is 23.7 Å². The number of benzene rings is 2. The van der Waals surface area contributed by atoms with Crippen molar-refractivity contribution < 1.29 is 35.5 Å². The highest BCUT2D eigenvalue weighted by Gasteiger charge is 2.41. The van der Waals surface area contributed by atoms with E-state index >= 15 is 0 Å². The maximum atomic E-state index is 14.0. The van der Waals surface area contributed by atoms with Gasteiger partial charge in [0.2, 0.25) is 5.91 Å². The molecule has 0 aliphatic heterocycles. The van der Waals surface area contributed by atoms with E-state index in [-0.39, 0.29) is 11.5 Å². The van der Waals surface area contributed by atoms with Crippen molar-refractivity contribution in [3.63, 3.8) is 0 Å². The topological polar surface area (TPSA) is 33.2 Å². The number of anilines is 1. The quantitative estimate of drug-likeness (QED) is 0.276. The first-order chi connectivity index (χ1) is 19.3. The van der Waals surface area contributed by atoms with E-state index in [1.165, 1.54) is 44.1 Å². The van der Waals surface area contributed by atoms with Gasteiger partial charge in [0.05, 0.1) is 28.4 Å². The van der Waals surface area contributed by atoms with Crippen molar-refractivity contribution in [2.24, 2.45) is 0 Å². The number of likely N-dealkylation sites (N-methyl/N-ethyl adjacent to an activating group) is 1. The lowest BCUT2D eigenvalue weighted by molar-refractivity contribution is -0.143. The third kappa shape index (κ3) is 6.17. The Kier molecular flexibility index (Phi) is 8.25. The lowest BCUT2D eigenvalue weighted by atomic mass is 9.73. The Hall–Kier alpha value is -3.43. The van der Waals surface area contributed by atoms with Crippen LogP contribution in [0.2, 0.25) is 0 Å². The van der Waals surface area contributed by atoms with Gasteiger partial charge in [-0.1, -0.05) is 32.3 Å². The van der Waals surface area contributed by atoms with Crippen LogP contribution in [0.25, 0.3) is 11.1 Å². The number of amides is 1. The highest BCUT2D eigenvalue weighted by Crippen LogP contribution is 2.43. The van der Waals surface area contributed by atoms with E-state index in [2.05, 4.69) is 6.92 Å². The van der Waals surface area contributed by atoms with Gasteiger partial charge >= 0.3 is 12.4 Å². The molecule has 0 saturated heterocycles. The molecule has 0 unspecified atom stereocenters. The van der Waals surface area contributed by atoms with Crippen LogP contribution >= 0.6 is 0 Å². The molecule has 1 aliphatic rings. The molecule has 0 atom stereocenters. The van der Waals surface area contributed by atoms with Gasteiger partial charge in [-0.15, -0.1) is 0 Å². The average molecular weight is 595 g/mol. The van der Waals surface area contributed by atoms with Crippen molar-refractivity contribution in [3.8, 4) is 11.1 Å². The largest absolute Gasteiger partial charge is 0.416 e. The van der Waals surface area contributed by atoms with E-state index in [1.807, 2.05) is 6.07 Å². The standard InChI is InChI=1S/C32H33F7N2O/c1-19-13-23(33)9-10-24(19)25-17-27(30(4)11-7-6-8-12-30)40-18-26(25)41(5)28(42)29(2,3)20-14-21(31(34,35)36)16-22(15-20)32(37,38)39/h9-10,13-18H,6-8,11-12H2,1-5H3. The molecule has 1 amide bonds. The molecule has 10 heteroatoms. The molecule has 1 fully saturated rings. The Morgan fingerprint density at radius 3 is 1.90 bits per heavy atom. The van der Waals surface area contributed by atoms with Crippen LogP contribution in [0, 0.1) is 12.7 Å². The van der Waals surface area contributed by atoms with Gasteiger partial charge in [0.25, 0.3) is 0 Å². The second-order valence-corrected chi connectivity index (χ2v) is 12.0. The Labute approximate surface area is 240 Å². The van der Waals surface area contributed by atoms with Crippen LogP contribution in [-0.4, -0.2) is 17.9 Å². The van der Waals surface area contributed by atoms with Crippen LogP contribution in [0.3, 0.4) is 0 Å². The number of aryl methyl sites for hydroxylation is 1. The molecule has 3 aromatic rings. The Bertz CT molecular complexity index is 1450. The molecule has 1 aromatic heterocycles. The van der Waals surface area contributed by atoms with E-state index in [4.69, 9.17) is 4.98 Å². The van der Waals surface area contributed by atoms with Crippen molar-refractivity contribution in [2.75, 3.05) is 11.9 Å². The number of pyridine rings is 1. The maximum absolute atomic E-state index is 14.0. The van der Waals surface area contributed by atoms with E-state index < -0.39 is 46.2 Å². The zero-order valence-corrected chi connectivity index (χ0v) is 24.1. The molecule has 0 radical (unpaired) electrons. The minimum absolute atomic E-state index is 0.0394. The predicted octanol–water partition coefficient (Wildman–Crippen LogP) is 9.40. The molecule has 2 aromatic carbocycles. The number of carbonyl (C=O) groups excluding carboxylic acids is 1. The average Bonchev–Trinajstić information content (AvgIpc) is 2.91. The molecule has 0 spiro atoms. The lowest BCUT2D eigenvalue weighted by Gasteiger charge is -2.35. The molecule has 1 saturated carbocycles. The summed E-state index contributed by atoms with van der Waals surface area (Å²) in [6, 6.07) is 7.30. The normalized spacial score (nSPS) is 15.9. The fraction of sp³-hybridized carbons (Fsp3) is 0.438. The van der Waals surface area contributed by atoms with Crippen LogP contribution in [0.1, 0.15) is 80.8 Å². The summed E-state index contributed by atoms with van der Waals surface area (Å²) in [5, 5.41) is 0. The number of rotatable bonds is 5. The van der Waals surface area contributed by atoms with Crippen LogP contribution in [0.15, 0.2) is 48.7 Å². The second-order valence-electron chi connectivity index (χ2n) is 12.0. The highest BCUT2D eigenvalue weighted by molar-refractivity contribution is 6.03. The smallest absolute Gasteiger partial charge is 0.313 e. The van der Waals surface area contributed by atoms with Gasteiger partial charge in [-0.3, -0.25) is 9.78 Å². The minimum Gasteiger partial charge on any atom is -0.313 e. The first kappa shape index (κ1) is 31.5. The van der Waals surface area contributed by atoms with E-state index in [1.54, 1.807) is 13.0 Å². The number of halogens is 7. The monoisotopic (exact) mass is 594 g/mol. The number of nitrogens with zero attached hydrogens (tertiary/aromatic N) is 2. The van der Waals surface area contributed by atoms with Crippen LogP contribution in [0.4, 0.5) is 36.4 Å². The Balaban J connectivity index is 1.84. The first-order valence-corrected chi connectivity index (χ1v) is 13.7. The third-order valence-corrected chi connectivity index (χ3v) is 8.45. The zero-order chi connectivity index (χ0) is 31.3. The molecule has 42 heavy (non-hydrogen) atoms. The third-order valence-electron chi connectivity index (χ3n) is 8.45. The molecular formula is C32H33F7N2O. The fourth-order valence-electron chi connectivity index (χ4n) is 5.75. The molecular weight excluding hydrogens is 561 g/mol. The zero-order valence-electron chi connectivity index (χ0n) is 24.1. The number of carbonyl (C=O) groups is 1. The minimum atomic E-state index is -5.05. The predicted molar refractivity (Wildman–Crippen MR) is 148 cm³/mol. The van der Waals surface area contributed by atoms with E-state index in [9.17, 15) is 35.5 Å². The van der Waals surface area contributed by atoms with Gasteiger partial charge in [0.1, 0.15) is 5.82 Å². The van der Waals surface area contributed by atoms with Gasteiger partial charge in [0.15, 0.2) is 0 Å². The summed E-state index contributed by atoms with van der Waals surface area (Å²) in [7, 11) is 1.41. The van der Waals surface area contributed by atoms with Gasteiger partial charge < -0.3 is 4.90 Å².